The Morgan fingerprint density at radius 2 is 1.85 bits per heavy atom. The second kappa shape index (κ2) is 9.68. The van der Waals surface area contributed by atoms with E-state index in [9.17, 15) is 22.8 Å². The number of nitrogens with two attached hydrogens (primary N) is 1. The van der Waals surface area contributed by atoms with Crippen LogP contribution < -0.4 is 16.0 Å². The van der Waals surface area contributed by atoms with Crippen molar-refractivity contribution in [2.45, 2.75) is 38.3 Å². The second-order valence-electron chi connectivity index (χ2n) is 8.31. The third kappa shape index (κ3) is 5.47. The molecule has 3 N–H and O–H groups in total. The van der Waals surface area contributed by atoms with Gasteiger partial charge in [-0.3, -0.25) is 14.5 Å². The van der Waals surface area contributed by atoms with Crippen LogP contribution in [0, 0.1) is 0 Å². The van der Waals surface area contributed by atoms with Crippen molar-refractivity contribution in [3.8, 4) is 0 Å². The lowest BCUT2D eigenvalue weighted by Crippen LogP contribution is -2.47. The van der Waals surface area contributed by atoms with Gasteiger partial charge in [0.15, 0.2) is 0 Å². The van der Waals surface area contributed by atoms with E-state index in [1.807, 2.05) is 4.90 Å². The fraction of sp³-hybridized carbons (Fsp3) is 0.500. The molecule has 2 aromatic heterocycles. The van der Waals surface area contributed by atoms with Crippen molar-refractivity contribution in [1.82, 2.24) is 9.88 Å². The number of anilines is 2. The standard InChI is InChI=1S/C22H26F3N5O2S/c23-22(24,25)14-5-6-17(27-13-14)30-11-9-29(10-12-30)8-7-18(31)28-21-19(20(26)32)15-3-1-2-4-16(15)33-21/h5-6,13H,1-4,7-12H2,(H2,26,32)(H,28,31). The lowest BCUT2D eigenvalue weighted by Gasteiger charge is -2.35. The van der Waals surface area contributed by atoms with Gasteiger partial charge >= 0.3 is 6.18 Å². The Labute approximate surface area is 193 Å². The summed E-state index contributed by atoms with van der Waals surface area (Å²) in [5.41, 5.74) is 6.27. The molecular formula is C22H26F3N5O2S. The van der Waals surface area contributed by atoms with Crippen molar-refractivity contribution in [2.75, 3.05) is 42.9 Å². The maximum atomic E-state index is 12.7. The number of carbonyl (C=O) groups excluding carboxylic acids is 2. The minimum atomic E-state index is -4.40. The Hall–Kier alpha value is -2.66. The highest BCUT2D eigenvalue weighted by Crippen LogP contribution is 2.38. The molecule has 2 aromatic rings. The number of nitrogens with zero attached hydrogens (tertiary/aromatic N) is 3. The van der Waals surface area contributed by atoms with Crippen LogP contribution in [0.5, 0.6) is 0 Å². The van der Waals surface area contributed by atoms with Gasteiger partial charge in [0.05, 0.1) is 11.1 Å². The molecular weight excluding hydrogens is 455 g/mol. The minimum absolute atomic E-state index is 0.164. The van der Waals surface area contributed by atoms with Gasteiger partial charge in [-0.1, -0.05) is 0 Å². The number of primary amides is 1. The number of aromatic nitrogens is 1. The Balaban J connectivity index is 1.27. The van der Waals surface area contributed by atoms with Crippen LogP contribution in [-0.2, 0) is 23.8 Å². The molecule has 1 aliphatic heterocycles. The highest BCUT2D eigenvalue weighted by atomic mass is 32.1. The topological polar surface area (TPSA) is 91.6 Å². The second-order valence-corrected chi connectivity index (χ2v) is 9.41. The number of thiophene rings is 1. The van der Waals surface area contributed by atoms with Gasteiger partial charge in [-0.2, -0.15) is 13.2 Å². The molecule has 2 aliphatic rings. The molecule has 0 radical (unpaired) electrons. The maximum absolute atomic E-state index is 12.7. The van der Waals surface area contributed by atoms with Crippen LogP contribution in [0.1, 0.15) is 45.6 Å². The molecule has 3 heterocycles. The van der Waals surface area contributed by atoms with Crippen LogP contribution in [0.25, 0.3) is 0 Å². The smallest absolute Gasteiger partial charge is 0.365 e. The molecule has 11 heteroatoms. The number of piperazine rings is 1. The summed E-state index contributed by atoms with van der Waals surface area (Å²) in [5.74, 6) is -0.151. The SMILES string of the molecule is NC(=O)c1c(NC(=O)CCN2CCN(c3ccc(C(F)(F)F)cn3)CC2)sc2c1CCCC2. The van der Waals surface area contributed by atoms with Crippen molar-refractivity contribution in [3.63, 3.8) is 0 Å². The lowest BCUT2D eigenvalue weighted by atomic mass is 9.95. The van der Waals surface area contributed by atoms with E-state index in [1.54, 1.807) is 0 Å². The molecule has 7 nitrogen and oxygen atoms in total. The fourth-order valence-electron chi connectivity index (χ4n) is 4.30. The van der Waals surface area contributed by atoms with Crippen molar-refractivity contribution < 1.29 is 22.8 Å². The molecule has 0 spiro atoms. The first-order chi connectivity index (χ1) is 15.7. The molecule has 1 fully saturated rings. The van der Waals surface area contributed by atoms with Gasteiger partial charge in [0, 0.05) is 50.2 Å². The number of nitrogens with one attached hydrogen (secondary N) is 1. The average Bonchev–Trinajstić information content (AvgIpc) is 3.15. The summed E-state index contributed by atoms with van der Waals surface area (Å²) in [4.78, 5) is 33.7. The minimum Gasteiger partial charge on any atom is -0.365 e. The van der Waals surface area contributed by atoms with Crippen LogP contribution in [0.4, 0.5) is 24.0 Å². The number of fused-ring (bicyclic) bond motifs is 1. The number of amides is 2. The van der Waals surface area contributed by atoms with Gasteiger partial charge in [-0.15, -0.1) is 11.3 Å². The summed E-state index contributed by atoms with van der Waals surface area (Å²) >= 11 is 1.45. The van der Waals surface area contributed by atoms with Gasteiger partial charge in [0.1, 0.15) is 10.8 Å². The van der Waals surface area contributed by atoms with Crippen molar-refractivity contribution in [1.29, 1.82) is 0 Å². The molecule has 33 heavy (non-hydrogen) atoms. The van der Waals surface area contributed by atoms with E-state index in [-0.39, 0.29) is 12.3 Å². The molecule has 1 aliphatic carbocycles. The third-order valence-electron chi connectivity index (χ3n) is 6.10. The number of aryl methyl sites for hydroxylation is 1. The van der Waals surface area contributed by atoms with Crippen LogP contribution in [0.2, 0.25) is 0 Å². The summed E-state index contributed by atoms with van der Waals surface area (Å²) in [5, 5.41) is 3.43. The average molecular weight is 482 g/mol. The molecule has 0 aromatic carbocycles. The zero-order chi connectivity index (χ0) is 23.6. The van der Waals surface area contributed by atoms with Crippen LogP contribution in [0.3, 0.4) is 0 Å². The van der Waals surface area contributed by atoms with Crippen molar-refractivity contribution >= 4 is 34.0 Å². The quantitative estimate of drug-likeness (QED) is 0.661. The number of alkyl halides is 3. The van der Waals surface area contributed by atoms with Crippen molar-refractivity contribution in [2.24, 2.45) is 5.73 Å². The summed E-state index contributed by atoms with van der Waals surface area (Å²) in [6.45, 7) is 3.13. The predicted molar refractivity (Wildman–Crippen MR) is 121 cm³/mol. The Kier molecular flexibility index (Phi) is 6.89. The predicted octanol–water partition coefficient (Wildman–Crippen LogP) is 3.29. The maximum Gasteiger partial charge on any atom is 0.417 e. The number of halogens is 3. The zero-order valence-electron chi connectivity index (χ0n) is 18.1. The fourth-order valence-corrected chi connectivity index (χ4v) is 5.62. The van der Waals surface area contributed by atoms with Gasteiger partial charge in [0.25, 0.3) is 5.91 Å². The molecule has 1 saturated heterocycles. The van der Waals surface area contributed by atoms with Crippen LogP contribution in [-0.4, -0.2) is 54.4 Å². The number of hydrogen-bond acceptors (Lipinski definition) is 6. The number of hydrogen-bond donors (Lipinski definition) is 2. The van der Waals surface area contributed by atoms with Crippen LogP contribution in [0.15, 0.2) is 18.3 Å². The molecule has 0 unspecified atom stereocenters. The number of rotatable bonds is 6. The van der Waals surface area contributed by atoms with Gasteiger partial charge in [-0.25, -0.2) is 4.98 Å². The lowest BCUT2D eigenvalue weighted by molar-refractivity contribution is -0.137. The Bertz CT molecular complexity index is 1010. The van der Waals surface area contributed by atoms with E-state index in [1.165, 1.54) is 17.4 Å². The third-order valence-corrected chi connectivity index (χ3v) is 7.30. The Morgan fingerprint density at radius 1 is 1.12 bits per heavy atom. The Morgan fingerprint density at radius 3 is 2.48 bits per heavy atom. The monoisotopic (exact) mass is 481 g/mol. The van der Waals surface area contributed by atoms with Gasteiger partial charge < -0.3 is 16.0 Å². The van der Waals surface area contributed by atoms with E-state index >= 15 is 0 Å². The number of carbonyl (C=O) groups is 2. The largest absolute Gasteiger partial charge is 0.417 e. The summed E-state index contributed by atoms with van der Waals surface area (Å²) < 4.78 is 38.1. The highest BCUT2D eigenvalue weighted by Gasteiger charge is 2.31. The summed E-state index contributed by atoms with van der Waals surface area (Å²) in [6, 6.07) is 2.44. The molecule has 0 bridgehead atoms. The first-order valence-corrected chi connectivity index (χ1v) is 11.8. The zero-order valence-corrected chi connectivity index (χ0v) is 18.9. The van der Waals surface area contributed by atoms with E-state index in [0.717, 1.165) is 48.4 Å². The van der Waals surface area contributed by atoms with E-state index in [0.29, 0.717) is 49.1 Å². The molecule has 0 atom stereocenters. The van der Waals surface area contributed by atoms with Crippen molar-refractivity contribution in [3.05, 3.63) is 39.9 Å². The van der Waals surface area contributed by atoms with Gasteiger partial charge in [0.2, 0.25) is 5.91 Å². The van der Waals surface area contributed by atoms with E-state index in [4.69, 9.17) is 5.73 Å². The summed E-state index contributed by atoms with van der Waals surface area (Å²) in [6.07, 6.45) is 0.560. The first kappa shape index (κ1) is 23.5. The van der Waals surface area contributed by atoms with E-state index in [2.05, 4.69) is 15.2 Å². The number of pyridine rings is 1. The van der Waals surface area contributed by atoms with E-state index < -0.39 is 17.6 Å². The van der Waals surface area contributed by atoms with Crippen LogP contribution >= 0.6 is 11.3 Å². The molecule has 0 saturated carbocycles. The van der Waals surface area contributed by atoms with Gasteiger partial charge in [-0.05, 0) is 43.4 Å². The normalized spacial score (nSPS) is 17.0. The first-order valence-electron chi connectivity index (χ1n) is 11.0. The highest BCUT2D eigenvalue weighted by molar-refractivity contribution is 7.17. The molecule has 2 amide bonds. The molecule has 4 rings (SSSR count). The summed E-state index contributed by atoms with van der Waals surface area (Å²) in [7, 11) is 0. The molecule has 178 valence electrons.